The number of nitrogens with one attached hydrogen (secondary N) is 2. The highest BCUT2D eigenvalue weighted by molar-refractivity contribution is 5.90. The largest absolute Gasteiger partial charge is 0.496 e. The van der Waals surface area contributed by atoms with Gasteiger partial charge in [0, 0.05) is 13.0 Å². The van der Waals surface area contributed by atoms with Gasteiger partial charge in [0.2, 0.25) is 11.8 Å². The van der Waals surface area contributed by atoms with Gasteiger partial charge in [-0.1, -0.05) is 6.07 Å². The van der Waals surface area contributed by atoms with Crippen molar-refractivity contribution in [3.05, 3.63) is 28.8 Å². The lowest BCUT2D eigenvalue weighted by Crippen LogP contribution is -2.42. The zero-order valence-electron chi connectivity index (χ0n) is 12.8. The summed E-state index contributed by atoms with van der Waals surface area (Å²) in [5.41, 5.74) is 3.43. The van der Waals surface area contributed by atoms with Crippen molar-refractivity contribution in [2.24, 2.45) is 0 Å². The van der Waals surface area contributed by atoms with Crippen LogP contribution in [0.25, 0.3) is 0 Å². The van der Waals surface area contributed by atoms with Crippen molar-refractivity contribution >= 4 is 11.8 Å². The van der Waals surface area contributed by atoms with Crippen LogP contribution in [-0.4, -0.2) is 31.5 Å². The molecule has 0 saturated carbocycles. The molecule has 0 aromatic heterocycles. The van der Waals surface area contributed by atoms with Crippen molar-refractivity contribution in [3.8, 4) is 5.75 Å². The summed E-state index contributed by atoms with van der Waals surface area (Å²) >= 11 is 0. The number of benzene rings is 1. The second-order valence-electron chi connectivity index (χ2n) is 5.46. The molecule has 1 aromatic rings. The number of amides is 2. The molecule has 1 unspecified atom stereocenters. The first-order valence-corrected chi connectivity index (χ1v) is 7.22. The molecule has 0 spiro atoms. The Bertz CT molecular complexity index is 555. The fourth-order valence-corrected chi connectivity index (χ4v) is 2.71. The average Bonchev–Trinajstić information content (AvgIpc) is 2.87. The van der Waals surface area contributed by atoms with E-state index in [0.29, 0.717) is 25.8 Å². The second kappa shape index (κ2) is 6.61. The molecule has 1 aliphatic rings. The molecular weight excluding hydrogens is 268 g/mol. The first kappa shape index (κ1) is 15.4. The fourth-order valence-electron chi connectivity index (χ4n) is 2.71. The zero-order valence-corrected chi connectivity index (χ0v) is 12.8. The molecule has 21 heavy (non-hydrogen) atoms. The van der Waals surface area contributed by atoms with Gasteiger partial charge in [-0.2, -0.15) is 0 Å². The molecule has 2 N–H and O–H groups in total. The van der Waals surface area contributed by atoms with Crippen molar-refractivity contribution in [2.75, 3.05) is 13.7 Å². The van der Waals surface area contributed by atoms with Crippen LogP contribution in [0.1, 0.15) is 29.5 Å². The SMILES string of the molecule is COc1cc(C)cc(C)c1CCNC(=O)C1CCC(=O)N1. The highest BCUT2D eigenvalue weighted by Crippen LogP contribution is 2.24. The van der Waals surface area contributed by atoms with E-state index in [9.17, 15) is 9.59 Å². The smallest absolute Gasteiger partial charge is 0.242 e. The van der Waals surface area contributed by atoms with E-state index < -0.39 is 0 Å². The summed E-state index contributed by atoms with van der Waals surface area (Å²) in [6.45, 7) is 4.61. The predicted molar refractivity (Wildman–Crippen MR) is 80.3 cm³/mol. The quantitative estimate of drug-likeness (QED) is 0.857. The number of rotatable bonds is 5. The van der Waals surface area contributed by atoms with E-state index in [0.717, 1.165) is 22.4 Å². The molecule has 1 aromatic carbocycles. The molecule has 5 heteroatoms. The van der Waals surface area contributed by atoms with Gasteiger partial charge in [-0.3, -0.25) is 9.59 Å². The van der Waals surface area contributed by atoms with E-state index in [2.05, 4.69) is 16.7 Å². The van der Waals surface area contributed by atoms with Crippen LogP contribution in [0.2, 0.25) is 0 Å². The number of ether oxygens (including phenoxy) is 1. The van der Waals surface area contributed by atoms with Crippen LogP contribution in [0.15, 0.2) is 12.1 Å². The Labute approximate surface area is 125 Å². The minimum atomic E-state index is -0.376. The Kier molecular flexibility index (Phi) is 4.83. The standard InChI is InChI=1S/C16H22N2O3/c1-10-8-11(2)12(14(9-10)21-3)6-7-17-16(20)13-4-5-15(19)18-13/h8-9,13H,4-7H2,1-3H3,(H,17,20)(H,18,19). The van der Waals surface area contributed by atoms with E-state index in [1.807, 2.05) is 19.9 Å². The highest BCUT2D eigenvalue weighted by Gasteiger charge is 2.26. The third kappa shape index (κ3) is 3.74. The average molecular weight is 290 g/mol. The van der Waals surface area contributed by atoms with E-state index in [1.54, 1.807) is 7.11 Å². The number of carbonyl (C=O) groups excluding carboxylic acids is 2. The van der Waals surface area contributed by atoms with Gasteiger partial charge in [0.15, 0.2) is 0 Å². The van der Waals surface area contributed by atoms with Gasteiger partial charge in [-0.25, -0.2) is 0 Å². The molecule has 0 aliphatic carbocycles. The molecule has 1 fully saturated rings. The summed E-state index contributed by atoms with van der Waals surface area (Å²) in [5, 5.41) is 5.55. The van der Waals surface area contributed by atoms with Gasteiger partial charge in [0.1, 0.15) is 11.8 Å². The lowest BCUT2D eigenvalue weighted by molar-refractivity contribution is -0.125. The van der Waals surface area contributed by atoms with Crippen LogP contribution in [0.3, 0.4) is 0 Å². The van der Waals surface area contributed by atoms with E-state index in [4.69, 9.17) is 4.74 Å². The molecule has 1 aliphatic heterocycles. The highest BCUT2D eigenvalue weighted by atomic mass is 16.5. The van der Waals surface area contributed by atoms with Crippen molar-refractivity contribution in [1.82, 2.24) is 10.6 Å². The first-order chi connectivity index (χ1) is 10.0. The van der Waals surface area contributed by atoms with Gasteiger partial charge in [-0.15, -0.1) is 0 Å². The predicted octanol–water partition coefficient (Wildman–Crippen LogP) is 1.25. The van der Waals surface area contributed by atoms with Gasteiger partial charge in [0.25, 0.3) is 0 Å². The molecule has 1 atom stereocenters. The zero-order chi connectivity index (χ0) is 15.4. The normalized spacial score (nSPS) is 17.5. The summed E-state index contributed by atoms with van der Waals surface area (Å²) in [4.78, 5) is 23.0. The molecule has 1 saturated heterocycles. The third-order valence-electron chi connectivity index (χ3n) is 3.78. The van der Waals surface area contributed by atoms with E-state index in [-0.39, 0.29) is 17.9 Å². The van der Waals surface area contributed by atoms with Crippen LogP contribution >= 0.6 is 0 Å². The van der Waals surface area contributed by atoms with E-state index >= 15 is 0 Å². The Morgan fingerprint density at radius 3 is 2.81 bits per heavy atom. The van der Waals surface area contributed by atoms with Crippen molar-refractivity contribution in [1.29, 1.82) is 0 Å². The van der Waals surface area contributed by atoms with Crippen molar-refractivity contribution < 1.29 is 14.3 Å². The number of methoxy groups -OCH3 is 1. The van der Waals surface area contributed by atoms with Gasteiger partial charge in [0.05, 0.1) is 7.11 Å². The summed E-state index contributed by atoms with van der Waals surface area (Å²) < 4.78 is 5.41. The summed E-state index contributed by atoms with van der Waals surface area (Å²) in [7, 11) is 1.66. The van der Waals surface area contributed by atoms with Gasteiger partial charge in [-0.05, 0) is 49.4 Å². The number of hydrogen-bond donors (Lipinski definition) is 2. The summed E-state index contributed by atoms with van der Waals surface area (Å²) in [6, 6.07) is 3.73. The molecule has 1 heterocycles. The monoisotopic (exact) mass is 290 g/mol. The molecule has 0 radical (unpaired) electrons. The lowest BCUT2D eigenvalue weighted by atomic mass is 10.0. The molecule has 5 nitrogen and oxygen atoms in total. The lowest BCUT2D eigenvalue weighted by Gasteiger charge is -2.15. The molecule has 0 bridgehead atoms. The third-order valence-corrected chi connectivity index (χ3v) is 3.78. The topological polar surface area (TPSA) is 67.4 Å². The Morgan fingerprint density at radius 2 is 2.19 bits per heavy atom. The Balaban J connectivity index is 1.91. The van der Waals surface area contributed by atoms with Crippen molar-refractivity contribution in [3.63, 3.8) is 0 Å². The maximum absolute atomic E-state index is 11.9. The van der Waals surface area contributed by atoms with Crippen LogP contribution < -0.4 is 15.4 Å². The maximum atomic E-state index is 11.9. The van der Waals surface area contributed by atoms with Gasteiger partial charge >= 0.3 is 0 Å². The van der Waals surface area contributed by atoms with E-state index in [1.165, 1.54) is 0 Å². The van der Waals surface area contributed by atoms with Crippen LogP contribution in [0, 0.1) is 13.8 Å². The summed E-state index contributed by atoms with van der Waals surface area (Å²) in [5.74, 6) is 0.701. The Hall–Kier alpha value is -2.04. The maximum Gasteiger partial charge on any atom is 0.242 e. The molecule has 2 rings (SSSR count). The van der Waals surface area contributed by atoms with Gasteiger partial charge < -0.3 is 15.4 Å². The molecule has 114 valence electrons. The van der Waals surface area contributed by atoms with Crippen LogP contribution in [0.5, 0.6) is 5.75 Å². The minimum Gasteiger partial charge on any atom is -0.496 e. The first-order valence-electron chi connectivity index (χ1n) is 7.22. The second-order valence-corrected chi connectivity index (χ2v) is 5.46. The number of carbonyl (C=O) groups is 2. The molecule has 2 amide bonds. The van der Waals surface area contributed by atoms with Crippen LogP contribution in [0.4, 0.5) is 0 Å². The fraction of sp³-hybridized carbons (Fsp3) is 0.500. The molecular formula is C16H22N2O3. The Morgan fingerprint density at radius 1 is 1.43 bits per heavy atom. The van der Waals surface area contributed by atoms with Crippen molar-refractivity contribution in [2.45, 2.75) is 39.2 Å². The summed E-state index contributed by atoms with van der Waals surface area (Å²) in [6.07, 6.45) is 1.72. The number of hydrogen-bond acceptors (Lipinski definition) is 3. The van der Waals surface area contributed by atoms with Crippen LogP contribution in [-0.2, 0) is 16.0 Å². The minimum absolute atomic E-state index is 0.0498. The number of aryl methyl sites for hydroxylation is 2.